The number of rotatable bonds is 2. The first-order chi connectivity index (χ1) is 7.89. The van der Waals surface area contributed by atoms with Crippen molar-refractivity contribution in [2.24, 2.45) is 16.3 Å². The Bertz CT molecular complexity index is 351. The maximum Gasteiger partial charge on any atom is 0.239 e. The second-order valence-corrected chi connectivity index (χ2v) is 4.54. The van der Waals surface area contributed by atoms with Gasteiger partial charge in [0.05, 0.1) is 6.54 Å². The van der Waals surface area contributed by atoms with Gasteiger partial charge in [-0.1, -0.05) is 5.16 Å². The van der Waals surface area contributed by atoms with E-state index in [9.17, 15) is 9.59 Å². The molecule has 1 rings (SSSR count). The summed E-state index contributed by atoms with van der Waals surface area (Å²) in [4.78, 5) is 25.0. The van der Waals surface area contributed by atoms with Crippen molar-refractivity contribution in [2.45, 2.75) is 20.3 Å². The molecule has 17 heavy (non-hydrogen) atoms. The van der Waals surface area contributed by atoms with Gasteiger partial charge in [0, 0.05) is 13.1 Å². The van der Waals surface area contributed by atoms with Crippen LogP contribution in [0.2, 0.25) is 0 Å². The highest BCUT2D eigenvalue weighted by molar-refractivity contribution is 6.06. The Morgan fingerprint density at radius 1 is 1.59 bits per heavy atom. The summed E-state index contributed by atoms with van der Waals surface area (Å²) in [7, 11) is 0. The van der Waals surface area contributed by atoms with Crippen LogP contribution in [0.15, 0.2) is 5.16 Å². The van der Waals surface area contributed by atoms with E-state index in [0.29, 0.717) is 19.5 Å². The van der Waals surface area contributed by atoms with Crippen molar-refractivity contribution in [1.29, 1.82) is 0 Å². The van der Waals surface area contributed by atoms with Crippen molar-refractivity contribution in [3.05, 3.63) is 0 Å². The first-order valence-electron chi connectivity index (χ1n) is 5.43. The molecule has 1 heterocycles. The smallest absolute Gasteiger partial charge is 0.239 e. The van der Waals surface area contributed by atoms with E-state index < -0.39 is 5.41 Å². The Labute approximate surface area is 99.6 Å². The Balaban J connectivity index is 2.84. The maximum absolute atomic E-state index is 12.2. The zero-order chi connectivity index (χ0) is 13.1. The van der Waals surface area contributed by atoms with E-state index in [0.717, 1.165) is 0 Å². The summed E-state index contributed by atoms with van der Waals surface area (Å²) in [5, 5.41) is 14.2. The quantitative estimate of drug-likeness (QED) is 0.252. The fourth-order valence-electron chi connectivity index (χ4n) is 1.61. The molecular formula is C10H18N4O3. The molecule has 1 aliphatic rings. The zero-order valence-corrected chi connectivity index (χ0v) is 10.1. The van der Waals surface area contributed by atoms with Crippen molar-refractivity contribution in [3.8, 4) is 0 Å². The molecule has 0 radical (unpaired) electrons. The number of carbonyl (C=O) groups is 2. The summed E-state index contributed by atoms with van der Waals surface area (Å²) >= 11 is 0. The standard InChI is InChI=1S/C10H18N4O3/c1-10(2,8(11)13-17)9(16)14-5-3-4-12-7(15)6-14/h17H,3-6H2,1-2H3,(H2,11,13)(H,12,15). The number of carbonyl (C=O) groups excluding carboxylic acids is 2. The maximum atomic E-state index is 12.2. The summed E-state index contributed by atoms with van der Waals surface area (Å²) in [5.74, 6) is -0.664. The lowest BCUT2D eigenvalue weighted by atomic mass is 9.90. The molecule has 0 aromatic heterocycles. The van der Waals surface area contributed by atoms with Gasteiger partial charge in [0.25, 0.3) is 0 Å². The second-order valence-electron chi connectivity index (χ2n) is 4.54. The van der Waals surface area contributed by atoms with Crippen molar-refractivity contribution in [3.63, 3.8) is 0 Å². The summed E-state index contributed by atoms with van der Waals surface area (Å²) in [6.07, 6.45) is 0.698. The first kappa shape index (κ1) is 13.3. The first-order valence-corrected chi connectivity index (χ1v) is 5.43. The minimum atomic E-state index is -1.11. The third kappa shape index (κ3) is 2.86. The predicted molar refractivity (Wildman–Crippen MR) is 61.4 cm³/mol. The van der Waals surface area contributed by atoms with Gasteiger partial charge in [-0.05, 0) is 20.3 Å². The number of oxime groups is 1. The van der Waals surface area contributed by atoms with Crippen LogP contribution < -0.4 is 11.1 Å². The van der Waals surface area contributed by atoms with Gasteiger partial charge in [0.1, 0.15) is 5.41 Å². The molecule has 0 spiro atoms. The average Bonchev–Trinajstić information content (AvgIpc) is 2.51. The summed E-state index contributed by atoms with van der Waals surface area (Å²) < 4.78 is 0. The molecule has 1 saturated heterocycles. The fraction of sp³-hybridized carbons (Fsp3) is 0.700. The highest BCUT2D eigenvalue weighted by Gasteiger charge is 2.37. The molecule has 4 N–H and O–H groups in total. The topological polar surface area (TPSA) is 108 Å². The summed E-state index contributed by atoms with van der Waals surface area (Å²) in [6, 6.07) is 0. The second kappa shape index (κ2) is 5.03. The highest BCUT2D eigenvalue weighted by Crippen LogP contribution is 2.19. The number of amidine groups is 1. The van der Waals surface area contributed by atoms with Crippen molar-refractivity contribution in [1.82, 2.24) is 10.2 Å². The van der Waals surface area contributed by atoms with E-state index in [1.807, 2.05) is 0 Å². The molecule has 1 fully saturated rings. The van der Waals surface area contributed by atoms with Crippen LogP contribution in [0, 0.1) is 5.41 Å². The van der Waals surface area contributed by atoms with Crippen LogP contribution in [0.1, 0.15) is 20.3 Å². The van der Waals surface area contributed by atoms with E-state index in [-0.39, 0.29) is 24.2 Å². The van der Waals surface area contributed by atoms with Crippen LogP contribution in [0.25, 0.3) is 0 Å². The number of amides is 2. The van der Waals surface area contributed by atoms with Gasteiger partial charge in [0.2, 0.25) is 11.8 Å². The van der Waals surface area contributed by atoms with E-state index in [1.165, 1.54) is 4.90 Å². The minimum absolute atomic E-state index is 0.0149. The van der Waals surface area contributed by atoms with Crippen LogP contribution in [-0.2, 0) is 9.59 Å². The largest absolute Gasteiger partial charge is 0.409 e. The van der Waals surface area contributed by atoms with Crippen LogP contribution in [-0.4, -0.2) is 47.4 Å². The van der Waals surface area contributed by atoms with Crippen LogP contribution in [0.4, 0.5) is 0 Å². The molecule has 0 bridgehead atoms. The van der Waals surface area contributed by atoms with E-state index >= 15 is 0 Å². The molecule has 0 atom stereocenters. The van der Waals surface area contributed by atoms with Crippen molar-refractivity contribution in [2.75, 3.05) is 19.6 Å². The fourth-order valence-corrected chi connectivity index (χ4v) is 1.61. The van der Waals surface area contributed by atoms with E-state index in [4.69, 9.17) is 10.9 Å². The van der Waals surface area contributed by atoms with Crippen molar-refractivity contribution >= 4 is 17.6 Å². The molecule has 96 valence electrons. The monoisotopic (exact) mass is 242 g/mol. The van der Waals surface area contributed by atoms with Gasteiger partial charge in [-0.3, -0.25) is 9.59 Å². The molecule has 0 aromatic rings. The molecule has 1 aliphatic heterocycles. The molecular weight excluding hydrogens is 224 g/mol. The molecule has 0 saturated carbocycles. The Kier molecular flexibility index (Phi) is 3.93. The van der Waals surface area contributed by atoms with E-state index in [2.05, 4.69) is 10.5 Å². The van der Waals surface area contributed by atoms with Crippen LogP contribution in [0.5, 0.6) is 0 Å². The number of nitrogens with one attached hydrogen (secondary N) is 1. The number of nitrogens with zero attached hydrogens (tertiary/aromatic N) is 2. The van der Waals surface area contributed by atoms with Gasteiger partial charge in [0.15, 0.2) is 5.84 Å². The normalized spacial score (nSPS) is 18.6. The Morgan fingerprint density at radius 3 is 2.82 bits per heavy atom. The van der Waals surface area contributed by atoms with Gasteiger partial charge >= 0.3 is 0 Å². The SMILES string of the molecule is CC(C)(C(=O)N1CCCNC(=O)C1)C(N)=NO. The molecule has 7 heteroatoms. The van der Waals surface area contributed by atoms with Crippen molar-refractivity contribution < 1.29 is 14.8 Å². The molecule has 0 aromatic carbocycles. The average molecular weight is 242 g/mol. The number of nitrogens with two attached hydrogens (primary N) is 1. The summed E-state index contributed by atoms with van der Waals surface area (Å²) in [5.41, 5.74) is 4.37. The lowest BCUT2D eigenvalue weighted by molar-refractivity contribution is -0.140. The third-order valence-electron chi connectivity index (χ3n) is 2.83. The van der Waals surface area contributed by atoms with Gasteiger partial charge in [-0.15, -0.1) is 0 Å². The van der Waals surface area contributed by atoms with Crippen LogP contribution in [0.3, 0.4) is 0 Å². The Hall–Kier alpha value is -1.79. The number of hydrogen-bond donors (Lipinski definition) is 3. The third-order valence-corrected chi connectivity index (χ3v) is 2.83. The van der Waals surface area contributed by atoms with E-state index in [1.54, 1.807) is 13.8 Å². The molecule has 0 aliphatic carbocycles. The summed E-state index contributed by atoms with van der Waals surface area (Å²) in [6.45, 7) is 4.19. The molecule has 2 amide bonds. The predicted octanol–water partition coefficient (Wildman–Crippen LogP) is -0.892. The van der Waals surface area contributed by atoms with Gasteiger partial charge in [-0.25, -0.2) is 0 Å². The molecule has 7 nitrogen and oxygen atoms in total. The number of hydrogen-bond acceptors (Lipinski definition) is 4. The Morgan fingerprint density at radius 2 is 2.24 bits per heavy atom. The highest BCUT2D eigenvalue weighted by atomic mass is 16.4. The zero-order valence-electron chi connectivity index (χ0n) is 10.1. The minimum Gasteiger partial charge on any atom is -0.409 e. The van der Waals surface area contributed by atoms with Crippen LogP contribution >= 0.6 is 0 Å². The van der Waals surface area contributed by atoms with Gasteiger partial charge < -0.3 is 21.2 Å². The lowest BCUT2D eigenvalue weighted by Gasteiger charge is -2.29. The van der Waals surface area contributed by atoms with Gasteiger partial charge in [-0.2, -0.15) is 0 Å². The lowest BCUT2D eigenvalue weighted by Crippen LogP contribution is -2.49. The molecule has 0 unspecified atom stereocenters.